The normalized spacial score (nSPS) is 14.5. The van der Waals surface area contributed by atoms with E-state index in [0.717, 1.165) is 66.9 Å². The Kier molecular flexibility index (Phi) is 7.07. The standard InChI is InChI=1S/C49H31N3OS/c1-2-11-30(12-3-1)31-21-23-32(24-22-31)41-29-42(37-17-10-16-36-35-13-5-8-19-43(35)53-47(36)37)52-49(51-41)34-27-25-33(26-28-34)46-45-39-15-6-9-20-44(39)54-48(45)38-14-4-7-18-40(38)50-46/h1-29,42H,(H,51,52). The lowest BCUT2D eigenvalue weighted by molar-refractivity contribution is 0.652. The second kappa shape index (κ2) is 12.4. The van der Waals surface area contributed by atoms with Gasteiger partial charge in [0.25, 0.3) is 0 Å². The molecule has 1 unspecified atom stereocenters. The van der Waals surface area contributed by atoms with Crippen LogP contribution in [0, 0.1) is 0 Å². The van der Waals surface area contributed by atoms with Crippen LogP contribution in [0.3, 0.4) is 0 Å². The van der Waals surface area contributed by atoms with Gasteiger partial charge < -0.3 is 9.73 Å². The summed E-state index contributed by atoms with van der Waals surface area (Å²) in [6, 6.07) is 59.5. The van der Waals surface area contributed by atoms with Crippen LogP contribution in [-0.4, -0.2) is 10.8 Å². The van der Waals surface area contributed by atoms with Gasteiger partial charge in [0, 0.05) is 53.0 Å². The quantitative estimate of drug-likeness (QED) is 0.194. The number of para-hydroxylation sites is 3. The average molecular weight is 710 g/mol. The van der Waals surface area contributed by atoms with Gasteiger partial charge in [0.05, 0.1) is 22.9 Å². The molecular formula is C49H31N3OS. The summed E-state index contributed by atoms with van der Waals surface area (Å²) in [5, 5.41) is 9.65. The molecule has 0 bridgehead atoms. The Balaban J connectivity index is 1.03. The molecule has 0 radical (unpaired) electrons. The number of hydrogen-bond donors (Lipinski definition) is 1. The molecule has 7 aromatic carbocycles. The Labute approximate surface area is 315 Å². The summed E-state index contributed by atoms with van der Waals surface area (Å²) in [5.41, 5.74) is 11.2. The Morgan fingerprint density at radius 3 is 2.02 bits per heavy atom. The van der Waals surface area contributed by atoms with Gasteiger partial charge >= 0.3 is 0 Å². The number of benzene rings is 7. The average Bonchev–Trinajstić information content (AvgIpc) is 3.83. The molecule has 0 amide bonds. The van der Waals surface area contributed by atoms with Gasteiger partial charge in [0.2, 0.25) is 0 Å². The molecule has 11 rings (SSSR count). The number of pyridine rings is 1. The molecule has 1 atom stereocenters. The molecule has 0 saturated carbocycles. The van der Waals surface area contributed by atoms with Crippen LogP contribution in [-0.2, 0) is 0 Å². The molecule has 0 fully saturated rings. The Bertz CT molecular complexity index is 3120. The van der Waals surface area contributed by atoms with Crippen LogP contribution in [0.25, 0.3) is 81.1 Å². The number of nitrogens with zero attached hydrogens (tertiary/aromatic N) is 2. The third-order valence-electron chi connectivity index (χ3n) is 10.6. The second-order valence-corrected chi connectivity index (χ2v) is 14.8. The van der Waals surface area contributed by atoms with Gasteiger partial charge in [0.15, 0.2) is 0 Å². The maximum atomic E-state index is 6.52. The van der Waals surface area contributed by atoms with E-state index in [4.69, 9.17) is 14.4 Å². The molecule has 10 aromatic rings. The van der Waals surface area contributed by atoms with Crippen molar-refractivity contribution < 1.29 is 4.42 Å². The van der Waals surface area contributed by atoms with Crippen LogP contribution in [0.15, 0.2) is 185 Å². The number of aromatic nitrogens is 1. The first kappa shape index (κ1) is 30.8. The van der Waals surface area contributed by atoms with E-state index in [1.807, 2.05) is 29.5 Å². The molecule has 4 heterocycles. The van der Waals surface area contributed by atoms with Gasteiger partial charge in [-0.3, -0.25) is 0 Å². The highest BCUT2D eigenvalue weighted by Crippen LogP contribution is 2.43. The van der Waals surface area contributed by atoms with Gasteiger partial charge in [-0.15, -0.1) is 11.3 Å². The maximum Gasteiger partial charge on any atom is 0.141 e. The molecule has 1 aliphatic heterocycles. The predicted molar refractivity (Wildman–Crippen MR) is 226 cm³/mol. The third kappa shape index (κ3) is 5.05. The van der Waals surface area contributed by atoms with E-state index in [2.05, 4.69) is 163 Å². The number of fused-ring (bicyclic) bond motifs is 8. The van der Waals surface area contributed by atoms with E-state index in [9.17, 15) is 0 Å². The van der Waals surface area contributed by atoms with Crippen LogP contribution >= 0.6 is 11.3 Å². The van der Waals surface area contributed by atoms with Gasteiger partial charge in [-0.05, 0) is 41.0 Å². The number of aliphatic imine (C=N–C) groups is 1. The summed E-state index contributed by atoms with van der Waals surface area (Å²) in [4.78, 5) is 10.5. The van der Waals surface area contributed by atoms with Crippen molar-refractivity contribution in [2.75, 3.05) is 0 Å². The predicted octanol–water partition coefficient (Wildman–Crippen LogP) is 13.0. The zero-order chi connectivity index (χ0) is 35.6. The monoisotopic (exact) mass is 709 g/mol. The maximum absolute atomic E-state index is 6.52. The van der Waals surface area contributed by atoms with Gasteiger partial charge in [-0.2, -0.15) is 0 Å². The number of hydrogen-bond acceptors (Lipinski definition) is 5. The first-order valence-electron chi connectivity index (χ1n) is 18.2. The minimum Gasteiger partial charge on any atom is -0.456 e. The molecule has 0 aliphatic carbocycles. The van der Waals surface area contributed by atoms with Crippen LogP contribution < -0.4 is 5.32 Å². The lowest BCUT2D eigenvalue weighted by atomic mass is 9.97. The molecule has 4 nitrogen and oxygen atoms in total. The summed E-state index contributed by atoms with van der Waals surface area (Å²) >= 11 is 1.84. The van der Waals surface area contributed by atoms with E-state index >= 15 is 0 Å². The summed E-state index contributed by atoms with van der Waals surface area (Å²) in [6.45, 7) is 0. The Hall–Kier alpha value is -6.82. The summed E-state index contributed by atoms with van der Waals surface area (Å²) in [5.74, 6) is 0.807. The summed E-state index contributed by atoms with van der Waals surface area (Å²) < 4.78 is 9.06. The Morgan fingerprint density at radius 1 is 0.519 bits per heavy atom. The van der Waals surface area contributed by atoms with Crippen molar-refractivity contribution in [2.45, 2.75) is 6.04 Å². The number of thiophene rings is 1. The van der Waals surface area contributed by atoms with Gasteiger partial charge in [-0.1, -0.05) is 152 Å². The van der Waals surface area contributed by atoms with E-state index in [0.29, 0.717) is 0 Å². The molecule has 3 aromatic heterocycles. The summed E-state index contributed by atoms with van der Waals surface area (Å²) in [7, 11) is 0. The molecule has 254 valence electrons. The fourth-order valence-corrected chi connectivity index (χ4v) is 9.13. The highest BCUT2D eigenvalue weighted by Gasteiger charge is 2.24. The van der Waals surface area contributed by atoms with Crippen molar-refractivity contribution in [3.05, 3.63) is 193 Å². The number of furan rings is 1. The van der Waals surface area contributed by atoms with Gasteiger partial charge in [0.1, 0.15) is 17.0 Å². The highest BCUT2D eigenvalue weighted by molar-refractivity contribution is 7.26. The van der Waals surface area contributed by atoms with Crippen LogP contribution in [0.1, 0.15) is 22.7 Å². The van der Waals surface area contributed by atoms with Crippen LogP contribution in [0.5, 0.6) is 0 Å². The topological polar surface area (TPSA) is 50.4 Å². The minimum atomic E-state index is -0.177. The number of amidine groups is 1. The van der Waals surface area contributed by atoms with Gasteiger partial charge in [-0.25, -0.2) is 9.98 Å². The third-order valence-corrected chi connectivity index (χ3v) is 11.8. The van der Waals surface area contributed by atoms with Crippen molar-refractivity contribution in [1.29, 1.82) is 0 Å². The fraction of sp³-hybridized carbons (Fsp3) is 0.0204. The molecule has 1 aliphatic rings. The van der Waals surface area contributed by atoms with E-state index in [-0.39, 0.29) is 6.04 Å². The first-order valence-corrected chi connectivity index (χ1v) is 19.0. The lowest BCUT2D eigenvalue weighted by Gasteiger charge is -2.25. The molecule has 5 heteroatoms. The van der Waals surface area contributed by atoms with Crippen molar-refractivity contribution in [1.82, 2.24) is 10.3 Å². The van der Waals surface area contributed by atoms with Crippen LogP contribution in [0.2, 0.25) is 0 Å². The zero-order valence-corrected chi connectivity index (χ0v) is 29.8. The second-order valence-electron chi connectivity index (χ2n) is 13.8. The largest absolute Gasteiger partial charge is 0.456 e. The molecular weight excluding hydrogens is 679 g/mol. The minimum absolute atomic E-state index is 0.177. The van der Waals surface area contributed by atoms with Crippen molar-refractivity contribution in [3.8, 4) is 22.4 Å². The molecule has 54 heavy (non-hydrogen) atoms. The van der Waals surface area contributed by atoms with E-state index < -0.39 is 0 Å². The number of rotatable bonds is 5. The molecule has 0 saturated heterocycles. The zero-order valence-electron chi connectivity index (χ0n) is 29.0. The van der Waals surface area contributed by atoms with Crippen molar-refractivity contribution in [3.63, 3.8) is 0 Å². The fourth-order valence-electron chi connectivity index (χ4n) is 7.90. The highest BCUT2D eigenvalue weighted by atomic mass is 32.1. The number of nitrogens with one attached hydrogen (secondary N) is 1. The van der Waals surface area contributed by atoms with Crippen molar-refractivity contribution >= 4 is 75.9 Å². The lowest BCUT2D eigenvalue weighted by Crippen LogP contribution is -2.31. The summed E-state index contributed by atoms with van der Waals surface area (Å²) in [6.07, 6.45) is 2.22. The Morgan fingerprint density at radius 2 is 1.17 bits per heavy atom. The SMILES string of the molecule is C1=C(c2ccc(-c3ccccc3)cc2)N=C(c2ccc(-c3nc4ccccc4c4sc5ccccc5c34)cc2)NC1c1cccc2c1oc1ccccc12. The van der Waals surface area contributed by atoms with Crippen molar-refractivity contribution in [2.24, 2.45) is 4.99 Å². The van der Waals surface area contributed by atoms with Crippen LogP contribution in [0.4, 0.5) is 0 Å². The first-order chi connectivity index (χ1) is 26.7. The van der Waals surface area contributed by atoms with E-state index in [1.165, 1.54) is 36.7 Å². The van der Waals surface area contributed by atoms with E-state index in [1.54, 1.807) is 0 Å². The molecule has 1 N–H and O–H groups in total. The smallest absolute Gasteiger partial charge is 0.141 e. The molecule has 0 spiro atoms.